The van der Waals surface area contributed by atoms with Crippen LogP contribution in [0.2, 0.25) is 0 Å². The van der Waals surface area contributed by atoms with Crippen LogP contribution >= 0.6 is 0 Å². The summed E-state index contributed by atoms with van der Waals surface area (Å²) in [6, 6.07) is 0. The van der Waals surface area contributed by atoms with Crippen molar-refractivity contribution in [3.05, 3.63) is 0 Å². The van der Waals surface area contributed by atoms with E-state index in [0.717, 1.165) is 0 Å². The van der Waals surface area contributed by atoms with Crippen molar-refractivity contribution >= 4 is 74.4 Å². The van der Waals surface area contributed by atoms with Gasteiger partial charge in [0.2, 0.25) is 0 Å². The van der Waals surface area contributed by atoms with Gasteiger partial charge in [0, 0.05) is 17.1 Å². The molecule has 0 spiro atoms. The Hall–Kier alpha value is 2.66. The van der Waals surface area contributed by atoms with Crippen LogP contribution in [0.25, 0.3) is 0 Å². The topological polar surface area (TPSA) is 17.1 Å². The van der Waals surface area contributed by atoms with Gasteiger partial charge in [0.1, 0.15) is 0 Å². The first-order chi connectivity index (χ1) is 1.00. The summed E-state index contributed by atoms with van der Waals surface area (Å²) in [5.41, 5.74) is 0. The Bertz CT molecular complexity index is 8.00. The van der Waals surface area contributed by atoms with Crippen LogP contribution < -0.4 is 0 Å². The van der Waals surface area contributed by atoms with Gasteiger partial charge in [-0.2, -0.15) is 0 Å². The normalized spacial score (nSPS) is 0.750. The third kappa shape index (κ3) is 8.82. The fourth-order valence-electron chi connectivity index (χ4n) is 0. The summed E-state index contributed by atoms with van der Waals surface area (Å²) < 4.78 is 8.28. The molecule has 0 radical (unpaired) electrons. The van der Waals surface area contributed by atoms with E-state index in [-0.39, 0.29) is 75.3 Å². The molecule has 0 aromatic heterocycles. The summed E-state index contributed by atoms with van der Waals surface area (Å²) in [6.07, 6.45) is 0. The van der Waals surface area contributed by atoms with Gasteiger partial charge in [-0.15, -0.1) is 0 Å². The van der Waals surface area contributed by atoms with Gasteiger partial charge in [-0.1, -0.05) is 0 Å². The quantitative estimate of drug-likeness (QED) is 0.425. The predicted octanol–water partition coefficient (Wildman–Crippen LogP) is -1.42. The van der Waals surface area contributed by atoms with Gasteiger partial charge in [0.25, 0.3) is 0 Å². The first kappa shape index (κ1) is 15.9. The molecule has 0 aliphatic rings. The molecular weight excluding hydrogens is 184 g/mol. The van der Waals surface area contributed by atoms with Crippen LogP contribution in [0.3, 0.4) is 0 Å². The van der Waals surface area contributed by atoms with Crippen molar-refractivity contribution < 1.29 is 20.9 Å². The molecule has 4 heteroatoms. The Labute approximate surface area is 92.8 Å². The van der Waals surface area contributed by atoms with Crippen LogP contribution in [0.1, 0.15) is 0 Å². The van der Waals surface area contributed by atoms with Crippen LogP contribution in [-0.2, 0) is 20.9 Å². The van der Waals surface area contributed by atoms with Crippen LogP contribution in [0.15, 0.2) is 0 Å². The van der Waals surface area contributed by atoms with E-state index in [1.165, 1.54) is 0 Å². The molecule has 20 valence electrons. The average molecular weight is 186 g/mol. The second-order valence-corrected chi connectivity index (χ2v) is 0. The second kappa shape index (κ2) is 17.4. The van der Waals surface area contributed by atoms with Gasteiger partial charge < -0.3 is 0 Å². The van der Waals surface area contributed by atoms with Gasteiger partial charge in [-0.3, -0.25) is 0 Å². The monoisotopic (exact) mass is 186 g/mol. The molecule has 0 aliphatic carbocycles. The maximum atomic E-state index is 8.28. The van der Waals surface area contributed by atoms with E-state index in [9.17, 15) is 0 Å². The molecule has 0 N–H and O–H groups in total. The summed E-state index contributed by atoms with van der Waals surface area (Å²) in [6.45, 7) is 0. The van der Waals surface area contributed by atoms with Gasteiger partial charge in [0.15, 0.2) is 0 Å². The maximum absolute atomic E-state index is 8.28. The van der Waals surface area contributed by atoms with Crippen molar-refractivity contribution in [2.75, 3.05) is 0 Å². The Balaban J connectivity index is -0.00000000500. The van der Waals surface area contributed by atoms with Crippen LogP contribution in [0, 0.1) is 0 Å². The minimum absolute atomic E-state index is 0. The summed E-state index contributed by atoms with van der Waals surface area (Å²) in [4.78, 5) is 0. The van der Waals surface area contributed by atoms with Crippen molar-refractivity contribution in [3.63, 3.8) is 0 Å². The minimum atomic E-state index is 0. The zero-order valence-electron chi connectivity index (χ0n) is 1.47. The van der Waals surface area contributed by atoms with Crippen LogP contribution in [-0.4, -0.2) is 74.4 Å². The van der Waals surface area contributed by atoms with Crippen molar-refractivity contribution in [2.24, 2.45) is 0 Å². The van der Waals surface area contributed by atoms with Gasteiger partial charge in [-0.25, -0.2) is 0 Å². The van der Waals surface area contributed by atoms with Crippen molar-refractivity contribution in [1.82, 2.24) is 0 Å². The Kier molecular flexibility index (Phi) is 69.2. The fourth-order valence-corrected chi connectivity index (χ4v) is 0. The molecule has 0 bridgehead atoms. The van der Waals surface area contributed by atoms with E-state index < -0.39 is 0 Å². The second-order valence-electron chi connectivity index (χ2n) is 0. The average Bonchev–Trinajstić information content (AvgIpc) is 1.00. The summed E-state index contributed by atoms with van der Waals surface area (Å²) >= 11 is 0.611. The molecule has 0 saturated heterocycles. The van der Waals surface area contributed by atoms with E-state index in [4.69, 9.17) is 3.80 Å². The van der Waals surface area contributed by atoms with Crippen LogP contribution in [0.4, 0.5) is 0 Å². The van der Waals surface area contributed by atoms with Crippen molar-refractivity contribution in [3.8, 4) is 0 Å². The Morgan fingerprint density at radius 1 is 1.25 bits per heavy atom. The van der Waals surface area contributed by atoms with E-state index >= 15 is 0 Å². The first-order valence-electron chi connectivity index (χ1n) is 0.289. The summed E-state index contributed by atoms with van der Waals surface area (Å²) in [5, 5.41) is 0. The van der Waals surface area contributed by atoms with Gasteiger partial charge in [0.05, 0.1) is 0 Å². The molecule has 0 amide bonds. The number of hydrogen-bond acceptors (Lipinski definition) is 1. The molecule has 0 unspecified atom stereocenters. The molecule has 4 heavy (non-hydrogen) atoms. The molecule has 0 aliphatic heterocycles. The van der Waals surface area contributed by atoms with E-state index in [2.05, 4.69) is 0 Å². The third-order valence-corrected chi connectivity index (χ3v) is 0. The molecule has 0 heterocycles. The molecule has 0 atom stereocenters. The molecule has 0 aromatic carbocycles. The van der Waals surface area contributed by atoms with E-state index in [1.54, 1.807) is 0 Å². The standard InChI is InChI=1S/Al.Fe.O.Rb.2H. The fraction of sp³-hybridized carbons (Fsp3) is 0. The van der Waals surface area contributed by atoms with E-state index in [0.29, 0.717) is 16.2 Å². The third-order valence-electron chi connectivity index (χ3n) is 0. The zero-order chi connectivity index (χ0) is 2.00. The molecule has 0 aromatic rings. The summed E-state index contributed by atoms with van der Waals surface area (Å²) in [7, 11) is 0. The number of rotatable bonds is 0. The Morgan fingerprint density at radius 3 is 1.25 bits per heavy atom. The Morgan fingerprint density at radius 2 is 1.25 bits per heavy atom. The van der Waals surface area contributed by atoms with Gasteiger partial charge >= 0.3 is 78.2 Å². The predicted molar refractivity (Wildman–Crippen MR) is 15.0 cm³/mol. The molecular formula is H2AlFeORb. The zero-order valence-corrected chi connectivity index (χ0v) is 3.99. The molecule has 0 saturated carbocycles. The van der Waals surface area contributed by atoms with Crippen LogP contribution in [0.5, 0.6) is 0 Å². The molecule has 0 fully saturated rings. The van der Waals surface area contributed by atoms with Crippen molar-refractivity contribution in [2.45, 2.75) is 0 Å². The summed E-state index contributed by atoms with van der Waals surface area (Å²) in [5.74, 6) is 0. The van der Waals surface area contributed by atoms with E-state index in [1.807, 2.05) is 0 Å². The first-order valence-corrected chi connectivity index (χ1v) is 0.866. The number of hydrogen-bond donors (Lipinski definition) is 0. The SMILES string of the molecule is [Fe].[O]=[AlH].[RbH]. The van der Waals surface area contributed by atoms with Gasteiger partial charge in [-0.05, 0) is 0 Å². The molecule has 1 nitrogen and oxygen atoms in total. The molecule has 0 rings (SSSR count). The van der Waals surface area contributed by atoms with Crippen molar-refractivity contribution in [1.29, 1.82) is 0 Å².